The van der Waals surface area contributed by atoms with Gasteiger partial charge in [-0.25, -0.2) is 0 Å². The van der Waals surface area contributed by atoms with Crippen LogP contribution in [0, 0.1) is 11.3 Å². The number of nitriles is 1. The molecule has 0 aliphatic rings. The number of pyridine rings is 1. The van der Waals surface area contributed by atoms with Gasteiger partial charge in [0.05, 0.1) is 0 Å². The Bertz CT molecular complexity index is 1350. The lowest BCUT2D eigenvalue weighted by atomic mass is 10.1. The smallest absolute Gasteiger partial charge is 0.296 e. The predicted octanol–water partition coefficient (Wildman–Crippen LogP) is 1.08. The molecule has 13 nitrogen and oxygen atoms in total. The highest BCUT2D eigenvalue weighted by Gasteiger charge is 2.25. The maximum atomic E-state index is 12.6. The van der Waals surface area contributed by atoms with Crippen LogP contribution in [0.3, 0.4) is 0 Å². The van der Waals surface area contributed by atoms with Gasteiger partial charge >= 0.3 is 0 Å². The monoisotopic (exact) mass is 457 g/mol. The summed E-state index contributed by atoms with van der Waals surface area (Å²) in [6.45, 7) is 1.31. The van der Waals surface area contributed by atoms with Crippen molar-refractivity contribution < 1.29 is 31.0 Å². The molecule has 0 unspecified atom stereocenters. The molecule has 0 spiro atoms. The van der Waals surface area contributed by atoms with E-state index in [9.17, 15) is 36.6 Å². The topological polar surface area (TPSA) is 226 Å². The van der Waals surface area contributed by atoms with Crippen LogP contribution in [0.1, 0.15) is 18.1 Å². The summed E-state index contributed by atoms with van der Waals surface area (Å²) < 4.78 is 64.9. The third-order valence-corrected chi connectivity index (χ3v) is 5.34. The largest absolute Gasteiger partial charge is 0.493 e. The first-order chi connectivity index (χ1) is 13.8. The quantitative estimate of drug-likeness (QED) is 0.274. The van der Waals surface area contributed by atoms with Crippen molar-refractivity contribution in [3.8, 4) is 11.9 Å². The number of aromatic nitrogens is 1. The molecule has 5 N–H and O–H groups in total. The van der Waals surface area contributed by atoms with Gasteiger partial charge in [-0.2, -0.15) is 22.1 Å². The lowest BCUT2D eigenvalue weighted by Crippen LogP contribution is -2.22. The van der Waals surface area contributed by atoms with E-state index in [0.29, 0.717) is 4.57 Å². The summed E-state index contributed by atoms with van der Waals surface area (Å²) in [5.74, 6) is -2.09. The second kappa shape index (κ2) is 8.20. The first-order valence-electron chi connectivity index (χ1n) is 7.92. The minimum atomic E-state index is -4.77. The lowest BCUT2D eigenvalue weighted by molar-refractivity contribution is 0.409. The van der Waals surface area contributed by atoms with Gasteiger partial charge in [-0.05, 0) is 25.1 Å². The Morgan fingerprint density at radius 3 is 2.33 bits per heavy atom. The Morgan fingerprint density at radius 1 is 1.20 bits per heavy atom. The molecule has 2 rings (SSSR count). The van der Waals surface area contributed by atoms with E-state index < -0.39 is 64.8 Å². The molecule has 0 bridgehead atoms. The number of hydrogen-bond donors (Lipinski definition) is 4. The third kappa shape index (κ3) is 4.80. The molecule has 1 heterocycles. The van der Waals surface area contributed by atoms with Crippen LogP contribution in [0.25, 0.3) is 0 Å². The van der Waals surface area contributed by atoms with Crippen molar-refractivity contribution >= 4 is 37.3 Å². The van der Waals surface area contributed by atoms with Crippen LogP contribution < -0.4 is 11.3 Å². The number of nitrogen functional groups attached to an aromatic ring is 1. The molecule has 0 aliphatic carbocycles. The van der Waals surface area contributed by atoms with Crippen LogP contribution in [0.15, 0.2) is 38.1 Å². The van der Waals surface area contributed by atoms with Gasteiger partial charge in [0.2, 0.25) is 5.88 Å². The van der Waals surface area contributed by atoms with Crippen LogP contribution in [-0.2, 0) is 32.5 Å². The van der Waals surface area contributed by atoms with Crippen LogP contribution in [0.5, 0.6) is 5.88 Å². The van der Waals surface area contributed by atoms with Crippen molar-refractivity contribution in [2.45, 2.75) is 24.1 Å². The fraction of sp³-hybridized carbons (Fsp3) is 0.200. The number of nitrogens with zero attached hydrogens (tertiary/aromatic N) is 4. The summed E-state index contributed by atoms with van der Waals surface area (Å²) in [5, 5.41) is 26.5. The Hall–Kier alpha value is -3.32. The highest BCUT2D eigenvalue weighted by Crippen LogP contribution is 2.31. The molecular formula is C15H15N5O8S2. The van der Waals surface area contributed by atoms with Gasteiger partial charge in [0.15, 0.2) is 5.69 Å². The van der Waals surface area contributed by atoms with Gasteiger partial charge < -0.3 is 10.8 Å². The number of rotatable bonds is 6. The Kier molecular flexibility index (Phi) is 6.28. The average Bonchev–Trinajstić information content (AvgIpc) is 2.60. The maximum Gasteiger partial charge on any atom is 0.296 e. The second-order valence-corrected chi connectivity index (χ2v) is 8.66. The molecule has 0 saturated heterocycles. The Balaban J connectivity index is 2.88. The van der Waals surface area contributed by atoms with E-state index in [1.807, 2.05) is 0 Å². The first-order valence-corrected chi connectivity index (χ1v) is 11.0. The van der Waals surface area contributed by atoms with Crippen LogP contribution in [0.2, 0.25) is 0 Å². The SMILES string of the molecule is CCn1c(O)c(C#N)c(CS(=O)(=O)O)c(N=Nc2cc(N)ccc2S(=O)(=O)O)c1=O. The highest BCUT2D eigenvalue weighted by atomic mass is 32.2. The van der Waals surface area contributed by atoms with E-state index in [2.05, 4.69) is 10.2 Å². The summed E-state index contributed by atoms with van der Waals surface area (Å²) in [7, 11) is -9.53. The standard InChI is InChI=1S/C15H15N5O8S2/c1-2-20-14(21)9(6-16)10(7-29(23,24)25)13(15(20)22)19-18-11-5-8(17)3-4-12(11)30(26,27)28/h3-5,21H,2,7,17H2,1H3,(H,23,24,25)(H,26,27,28). The van der Waals surface area contributed by atoms with E-state index in [-0.39, 0.29) is 12.2 Å². The molecule has 160 valence electrons. The third-order valence-electron chi connectivity index (χ3n) is 3.79. The number of azo groups is 1. The van der Waals surface area contributed by atoms with Crippen LogP contribution in [-0.4, -0.2) is 35.6 Å². The molecule has 30 heavy (non-hydrogen) atoms. The van der Waals surface area contributed by atoms with Crippen molar-refractivity contribution in [2.24, 2.45) is 10.2 Å². The number of aromatic hydroxyl groups is 1. The van der Waals surface area contributed by atoms with Gasteiger partial charge in [-0.3, -0.25) is 18.5 Å². The number of anilines is 1. The summed E-state index contributed by atoms with van der Waals surface area (Å²) >= 11 is 0. The Morgan fingerprint density at radius 2 is 1.83 bits per heavy atom. The number of hydrogen-bond acceptors (Lipinski definition) is 10. The van der Waals surface area contributed by atoms with E-state index in [1.165, 1.54) is 13.0 Å². The molecular weight excluding hydrogens is 442 g/mol. The molecule has 2 aromatic rings. The molecule has 1 aromatic carbocycles. The second-order valence-electron chi connectivity index (χ2n) is 5.82. The van der Waals surface area contributed by atoms with E-state index in [0.717, 1.165) is 18.2 Å². The molecule has 0 aliphatic heterocycles. The number of nitrogens with two attached hydrogens (primary N) is 1. The van der Waals surface area contributed by atoms with Crippen molar-refractivity contribution in [3.63, 3.8) is 0 Å². The van der Waals surface area contributed by atoms with Crippen LogP contribution in [0.4, 0.5) is 17.1 Å². The molecule has 0 atom stereocenters. The minimum Gasteiger partial charge on any atom is -0.493 e. The summed E-state index contributed by atoms with van der Waals surface area (Å²) in [5.41, 5.74) is 2.01. The fourth-order valence-corrected chi connectivity index (χ4v) is 3.76. The fourth-order valence-electron chi connectivity index (χ4n) is 2.51. The van der Waals surface area contributed by atoms with Crippen molar-refractivity contribution in [1.82, 2.24) is 4.57 Å². The van der Waals surface area contributed by atoms with Crippen molar-refractivity contribution in [1.29, 1.82) is 5.26 Å². The summed E-state index contributed by atoms with van der Waals surface area (Å²) in [6, 6.07) is 4.63. The van der Waals surface area contributed by atoms with Gasteiger partial charge in [-0.15, -0.1) is 10.2 Å². The lowest BCUT2D eigenvalue weighted by Gasteiger charge is -2.12. The molecule has 0 fully saturated rings. The van der Waals surface area contributed by atoms with Crippen LogP contribution >= 0.6 is 0 Å². The minimum absolute atomic E-state index is 0.0314. The highest BCUT2D eigenvalue weighted by molar-refractivity contribution is 7.86. The number of benzene rings is 1. The van der Waals surface area contributed by atoms with Gasteiger partial charge in [0.1, 0.15) is 28.0 Å². The van der Waals surface area contributed by atoms with E-state index in [4.69, 9.17) is 10.3 Å². The zero-order valence-electron chi connectivity index (χ0n) is 15.2. The normalized spacial score (nSPS) is 12.2. The molecule has 0 radical (unpaired) electrons. The summed E-state index contributed by atoms with van der Waals surface area (Å²) in [6.07, 6.45) is 0. The molecule has 0 saturated carbocycles. The predicted molar refractivity (Wildman–Crippen MR) is 103 cm³/mol. The molecule has 0 amide bonds. The average molecular weight is 457 g/mol. The zero-order chi connectivity index (χ0) is 22.9. The van der Waals surface area contributed by atoms with Gasteiger partial charge in [0, 0.05) is 17.8 Å². The first kappa shape index (κ1) is 23.0. The van der Waals surface area contributed by atoms with Crippen molar-refractivity contribution in [3.05, 3.63) is 39.7 Å². The molecule has 15 heteroatoms. The summed E-state index contributed by atoms with van der Waals surface area (Å²) in [4.78, 5) is 11.9. The van der Waals surface area contributed by atoms with E-state index >= 15 is 0 Å². The van der Waals surface area contributed by atoms with E-state index in [1.54, 1.807) is 0 Å². The van der Waals surface area contributed by atoms with Crippen molar-refractivity contribution in [2.75, 3.05) is 5.73 Å². The Labute approximate surface area is 170 Å². The zero-order valence-corrected chi connectivity index (χ0v) is 16.8. The maximum absolute atomic E-state index is 12.6. The van der Waals surface area contributed by atoms with Gasteiger partial charge in [-0.1, -0.05) is 0 Å². The van der Waals surface area contributed by atoms with Gasteiger partial charge in [0.25, 0.3) is 25.8 Å². The molecule has 1 aromatic heterocycles.